The molecule has 0 aliphatic carbocycles. The van der Waals surface area contributed by atoms with Gasteiger partial charge in [-0.3, -0.25) is 14.5 Å². The van der Waals surface area contributed by atoms with Gasteiger partial charge in [0.1, 0.15) is 11.5 Å². The van der Waals surface area contributed by atoms with E-state index in [0.29, 0.717) is 17.2 Å². The van der Waals surface area contributed by atoms with Gasteiger partial charge in [0.25, 0.3) is 5.91 Å². The number of hydrogen-bond acceptors (Lipinski definition) is 5. The van der Waals surface area contributed by atoms with Gasteiger partial charge >= 0.3 is 0 Å². The zero-order valence-electron chi connectivity index (χ0n) is 13.6. The maximum atomic E-state index is 12.8. The highest BCUT2D eigenvalue weighted by Crippen LogP contribution is 2.33. The number of rotatable bonds is 4. The Morgan fingerprint density at radius 2 is 1.57 bits per heavy atom. The number of likely N-dealkylation sites (tertiary alicyclic amines) is 1. The number of carbonyl (C=O) groups excluding carboxylic acids is 2. The van der Waals surface area contributed by atoms with Gasteiger partial charge in [0.05, 0.1) is 32.4 Å². The molecule has 0 saturated carbocycles. The summed E-state index contributed by atoms with van der Waals surface area (Å²) in [6.45, 7) is 1.78. The first-order valence-electron chi connectivity index (χ1n) is 7.98. The standard InChI is InChI=1S/C17H22N2O4/c1-22-13-8-12(9-14(10-13)23-2)19-16(20)11-15(17(19)21)18-6-4-3-5-7-18/h8-10,15H,3-7,11H2,1-2H3. The number of hydrogen-bond donors (Lipinski definition) is 0. The second-order valence-electron chi connectivity index (χ2n) is 5.95. The summed E-state index contributed by atoms with van der Waals surface area (Å²) in [5.74, 6) is 0.802. The van der Waals surface area contributed by atoms with E-state index in [1.54, 1.807) is 32.4 Å². The number of nitrogens with zero attached hydrogens (tertiary/aromatic N) is 2. The lowest BCUT2D eigenvalue weighted by atomic mass is 10.1. The van der Waals surface area contributed by atoms with E-state index in [2.05, 4.69) is 4.90 Å². The van der Waals surface area contributed by atoms with Crippen LogP contribution in [0.25, 0.3) is 0 Å². The Labute approximate surface area is 136 Å². The Kier molecular flexibility index (Phi) is 4.52. The fourth-order valence-corrected chi connectivity index (χ4v) is 3.32. The van der Waals surface area contributed by atoms with Gasteiger partial charge < -0.3 is 9.47 Å². The summed E-state index contributed by atoms with van der Waals surface area (Å²) in [5.41, 5.74) is 0.510. The van der Waals surface area contributed by atoms with Crippen LogP contribution >= 0.6 is 0 Å². The first-order chi connectivity index (χ1) is 11.1. The molecule has 0 radical (unpaired) electrons. The van der Waals surface area contributed by atoms with Crippen LogP contribution < -0.4 is 14.4 Å². The van der Waals surface area contributed by atoms with E-state index >= 15 is 0 Å². The highest BCUT2D eigenvalue weighted by Gasteiger charge is 2.43. The maximum Gasteiger partial charge on any atom is 0.251 e. The zero-order chi connectivity index (χ0) is 16.4. The lowest BCUT2D eigenvalue weighted by Gasteiger charge is -2.30. The molecule has 2 saturated heterocycles. The first-order valence-corrected chi connectivity index (χ1v) is 7.98. The van der Waals surface area contributed by atoms with E-state index in [4.69, 9.17) is 9.47 Å². The molecule has 2 fully saturated rings. The molecule has 0 bridgehead atoms. The fraction of sp³-hybridized carbons (Fsp3) is 0.529. The van der Waals surface area contributed by atoms with E-state index in [1.807, 2.05) is 0 Å². The van der Waals surface area contributed by atoms with E-state index < -0.39 is 0 Å². The van der Waals surface area contributed by atoms with E-state index in [-0.39, 0.29) is 24.3 Å². The monoisotopic (exact) mass is 318 g/mol. The molecule has 6 heteroatoms. The molecule has 0 N–H and O–H groups in total. The van der Waals surface area contributed by atoms with E-state index in [9.17, 15) is 9.59 Å². The van der Waals surface area contributed by atoms with Gasteiger partial charge in [-0.2, -0.15) is 0 Å². The van der Waals surface area contributed by atoms with Crippen LogP contribution in [-0.4, -0.2) is 50.1 Å². The molecule has 0 spiro atoms. The van der Waals surface area contributed by atoms with E-state index in [1.165, 1.54) is 11.3 Å². The molecule has 1 unspecified atom stereocenters. The molecule has 23 heavy (non-hydrogen) atoms. The van der Waals surface area contributed by atoms with Gasteiger partial charge in [0.2, 0.25) is 5.91 Å². The van der Waals surface area contributed by atoms with Crippen LogP contribution in [0.1, 0.15) is 25.7 Å². The number of methoxy groups -OCH3 is 2. The van der Waals surface area contributed by atoms with Gasteiger partial charge in [-0.25, -0.2) is 4.90 Å². The molecule has 2 aliphatic rings. The predicted molar refractivity (Wildman–Crippen MR) is 85.9 cm³/mol. The van der Waals surface area contributed by atoms with Crippen LogP contribution in [0.15, 0.2) is 18.2 Å². The highest BCUT2D eigenvalue weighted by molar-refractivity contribution is 6.22. The molecular formula is C17H22N2O4. The van der Waals surface area contributed by atoms with Gasteiger partial charge in [0, 0.05) is 18.2 Å². The third-order valence-corrected chi connectivity index (χ3v) is 4.55. The molecule has 2 aliphatic heterocycles. The van der Waals surface area contributed by atoms with E-state index in [0.717, 1.165) is 25.9 Å². The molecule has 1 aromatic carbocycles. The summed E-state index contributed by atoms with van der Waals surface area (Å²) in [5, 5.41) is 0. The normalized spacial score (nSPS) is 22.5. The van der Waals surface area contributed by atoms with Crippen LogP contribution in [-0.2, 0) is 9.59 Å². The topological polar surface area (TPSA) is 59.1 Å². The number of anilines is 1. The van der Waals surface area contributed by atoms with Crippen LogP contribution in [0.4, 0.5) is 5.69 Å². The van der Waals surface area contributed by atoms with Crippen molar-refractivity contribution in [2.75, 3.05) is 32.2 Å². The van der Waals surface area contributed by atoms with Crippen molar-refractivity contribution in [1.82, 2.24) is 4.90 Å². The van der Waals surface area contributed by atoms with Crippen LogP contribution in [0.2, 0.25) is 0 Å². The van der Waals surface area contributed by atoms with Gasteiger partial charge in [0.15, 0.2) is 0 Å². The fourth-order valence-electron chi connectivity index (χ4n) is 3.32. The van der Waals surface area contributed by atoms with Gasteiger partial charge in [-0.15, -0.1) is 0 Å². The number of ether oxygens (including phenoxy) is 2. The van der Waals surface area contributed by atoms with Crippen molar-refractivity contribution < 1.29 is 19.1 Å². The Morgan fingerprint density at radius 3 is 2.13 bits per heavy atom. The smallest absolute Gasteiger partial charge is 0.251 e. The molecular weight excluding hydrogens is 296 g/mol. The number of imide groups is 1. The lowest BCUT2D eigenvalue weighted by molar-refractivity contribution is -0.123. The molecule has 2 amide bonds. The average molecular weight is 318 g/mol. The minimum Gasteiger partial charge on any atom is -0.497 e. The average Bonchev–Trinajstić information content (AvgIpc) is 2.89. The SMILES string of the molecule is COc1cc(OC)cc(N2C(=O)CC(N3CCCCC3)C2=O)c1. The summed E-state index contributed by atoms with van der Waals surface area (Å²) in [4.78, 5) is 28.6. The largest absolute Gasteiger partial charge is 0.497 e. The molecule has 1 aromatic rings. The second-order valence-corrected chi connectivity index (χ2v) is 5.95. The van der Waals surface area contributed by atoms with Crippen molar-refractivity contribution in [2.24, 2.45) is 0 Å². The molecule has 6 nitrogen and oxygen atoms in total. The Balaban J connectivity index is 1.87. The number of amides is 2. The summed E-state index contributed by atoms with van der Waals surface area (Å²) in [6.07, 6.45) is 3.62. The number of benzene rings is 1. The Hall–Kier alpha value is -2.08. The van der Waals surface area contributed by atoms with Crippen LogP contribution in [0.3, 0.4) is 0 Å². The lowest BCUT2D eigenvalue weighted by Crippen LogP contribution is -2.44. The second kappa shape index (κ2) is 6.58. The zero-order valence-corrected chi connectivity index (χ0v) is 13.6. The van der Waals surface area contributed by atoms with Crippen molar-refractivity contribution in [3.63, 3.8) is 0 Å². The summed E-state index contributed by atoms with van der Waals surface area (Å²) >= 11 is 0. The van der Waals surface area contributed by atoms with Crippen molar-refractivity contribution >= 4 is 17.5 Å². The van der Waals surface area contributed by atoms with Crippen LogP contribution in [0, 0.1) is 0 Å². The quantitative estimate of drug-likeness (QED) is 0.793. The molecule has 124 valence electrons. The van der Waals surface area contributed by atoms with Crippen molar-refractivity contribution in [3.8, 4) is 11.5 Å². The summed E-state index contributed by atoms with van der Waals surface area (Å²) in [6, 6.07) is 4.77. The minimum atomic E-state index is -0.333. The third-order valence-electron chi connectivity index (χ3n) is 4.55. The number of piperidine rings is 1. The Morgan fingerprint density at radius 1 is 0.957 bits per heavy atom. The first kappa shape index (κ1) is 15.8. The van der Waals surface area contributed by atoms with Gasteiger partial charge in [-0.05, 0) is 25.9 Å². The van der Waals surface area contributed by atoms with Crippen molar-refractivity contribution in [3.05, 3.63) is 18.2 Å². The van der Waals surface area contributed by atoms with Crippen molar-refractivity contribution in [2.45, 2.75) is 31.7 Å². The van der Waals surface area contributed by atoms with Gasteiger partial charge in [-0.1, -0.05) is 6.42 Å². The molecule has 2 heterocycles. The molecule has 3 rings (SSSR count). The third kappa shape index (κ3) is 3.03. The molecule has 0 aromatic heterocycles. The Bertz CT molecular complexity index is 588. The summed E-state index contributed by atoms with van der Waals surface area (Å²) in [7, 11) is 3.09. The van der Waals surface area contributed by atoms with Crippen molar-refractivity contribution in [1.29, 1.82) is 0 Å². The van der Waals surface area contributed by atoms with Crippen LogP contribution in [0.5, 0.6) is 11.5 Å². The maximum absolute atomic E-state index is 12.8. The number of carbonyl (C=O) groups is 2. The summed E-state index contributed by atoms with van der Waals surface area (Å²) < 4.78 is 10.5. The molecule has 1 atom stereocenters. The highest BCUT2D eigenvalue weighted by atomic mass is 16.5. The predicted octanol–water partition coefficient (Wildman–Crippen LogP) is 1.82. The minimum absolute atomic E-state index is 0.146.